The summed E-state index contributed by atoms with van der Waals surface area (Å²) in [6, 6.07) is 6.48. The van der Waals surface area contributed by atoms with E-state index in [9.17, 15) is 8.42 Å². The summed E-state index contributed by atoms with van der Waals surface area (Å²) in [7, 11) is -3.44. The molecule has 0 amide bonds. The summed E-state index contributed by atoms with van der Waals surface area (Å²) in [5.74, 6) is 0.681. The van der Waals surface area contributed by atoms with Crippen molar-refractivity contribution in [1.29, 1.82) is 0 Å². The molecule has 1 aliphatic heterocycles. The van der Waals surface area contributed by atoms with Crippen molar-refractivity contribution in [3.05, 3.63) is 24.3 Å². The van der Waals surface area contributed by atoms with Crippen LogP contribution in [0.25, 0.3) is 0 Å². The molecule has 1 atom stereocenters. The summed E-state index contributed by atoms with van der Waals surface area (Å²) < 4.78 is 32.4. The van der Waals surface area contributed by atoms with Crippen LogP contribution in [0.5, 0.6) is 5.75 Å². The SMILES string of the molecule is CCOc1ccc(S(=O)(=O)N[C@H]2CCCNC2)cc1. The van der Waals surface area contributed by atoms with Crippen molar-refractivity contribution in [3.63, 3.8) is 0 Å². The molecule has 0 aromatic heterocycles. The van der Waals surface area contributed by atoms with Crippen LogP contribution in [0.3, 0.4) is 0 Å². The molecule has 1 saturated heterocycles. The highest BCUT2D eigenvalue weighted by atomic mass is 32.2. The largest absolute Gasteiger partial charge is 0.494 e. The summed E-state index contributed by atoms with van der Waals surface area (Å²) in [5.41, 5.74) is 0. The number of ether oxygens (including phenoxy) is 1. The van der Waals surface area contributed by atoms with Crippen LogP contribution in [0.1, 0.15) is 19.8 Å². The number of rotatable bonds is 5. The molecule has 19 heavy (non-hydrogen) atoms. The first-order valence-corrected chi connectivity index (χ1v) is 8.06. The summed E-state index contributed by atoms with van der Waals surface area (Å²) in [4.78, 5) is 0.279. The average molecular weight is 284 g/mol. The topological polar surface area (TPSA) is 67.4 Å². The average Bonchev–Trinajstić information content (AvgIpc) is 2.40. The molecule has 0 saturated carbocycles. The molecule has 1 heterocycles. The van der Waals surface area contributed by atoms with Gasteiger partial charge in [-0.2, -0.15) is 0 Å². The molecule has 0 bridgehead atoms. The number of nitrogens with one attached hydrogen (secondary N) is 2. The van der Waals surface area contributed by atoms with E-state index in [1.807, 2.05) is 6.92 Å². The van der Waals surface area contributed by atoms with Gasteiger partial charge < -0.3 is 10.1 Å². The molecule has 0 radical (unpaired) electrons. The predicted molar refractivity (Wildman–Crippen MR) is 73.8 cm³/mol. The molecule has 0 aliphatic carbocycles. The van der Waals surface area contributed by atoms with Gasteiger partial charge in [0.15, 0.2) is 0 Å². The molecule has 0 unspecified atom stereocenters. The van der Waals surface area contributed by atoms with E-state index in [2.05, 4.69) is 10.0 Å². The lowest BCUT2D eigenvalue weighted by Gasteiger charge is -2.23. The van der Waals surface area contributed by atoms with E-state index in [1.165, 1.54) is 0 Å². The van der Waals surface area contributed by atoms with Gasteiger partial charge in [-0.3, -0.25) is 0 Å². The Morgan fingerprint density at radius 1 is 1.37 bits per heavy atom. The third kappa shape index (κ3) is 3.92. The Labute approximate surface area is 114 Å². The Balaban J connectivity index is 2.05. The van der Waals surface area contributed by atoms with Crippen molar-refractivity contribution >= 4 is 10.0 Å². The third-order valence-corrected chi connectivity index (χ3v) is 4.60. The predicted octanol–water partition coefficient (Wildman–Crippen LogP) is 1.12. The second kappa shape index (κ2) is 6.36. The molecule has 1 aliphatic rings. The van der Waals surface area contributed by atoms with Crippen molar-refractivity contribution in [3.8, 4) is 5.75 Å². The maximum Gasteiger partial charge on any atom is 0.240 e. The molecular weight excluding hydrogens is 264 g/mol. The zero-order chi connectivity index (χ0) is 13.7. The van der Waals surface area contributed by atoms with Crippen molar-refractivity contribution in [2.24, 2.45) is 0 Å². The fourth-order valence-electron chi connectivity index (χ4n) is 2.12. The minimum atomic E-state index is -3.44. The highest BCUT2D eigenvalue weighted by Gasteiger charge is 2.21. The van der Waals surface area contributed by atoms with Crippen LogP contribution >= 0.6 is 0 Å². The second-order valence-electron chi connectivity index (χ2n) is 4.57. The number of sulfonamides is 1. The van der Waals surface area contributed by atoms with E-state index in [0.717, 1.165) is 19.4 Å². The van der Waals surface area contributed by atoms with E-state index < -0.39 is 10.0 Å². The van der Waals surface area contributed by atoms with Crippen LogP contribution in [-0.4, -0.2) is 34.2 Å². The van der Waals surface area contributed by atoms with Gasteiger partial charge in [0.05, 0.1) is 11.5 Å². The molecule has 106 valence electrons. The lowest BCUT2D eigenvalue weighted by atomic mass is 10.1. The Hall–Kier alpha value is -1.11. The second-order valence-corrected chi connectivity index (χ2v) is 6.28. The van der Waals surface area contributed by atoms with Crippen molar-refractivity contribution in [2.45, 2.75) is 30.7 Å². The van der Waals surface area contributed by atoms with Crippen molar-refractivity contribution in [1.82, 2.24) is 10.0 Å². The van der Waals surface area contributed by atoms with Gasteiger partial charge in [0.2, 0.25) is 10.0 Å². The van der Waals surface area contributed by atoms with Crippen LogP contribution in [0.2, 0.25) is 0 Å². The van der Waals surface area contributed by atoms with Crippen LogP contribution in [0.15, 0.2) is 29.2 Å². The maximum absolute atomic E-state index is 12.2. The first-order valence-electron chi connectivity index (χ1n) is 6.58. The Bertz CT molecular complexity index is 493. The van der Waals surface area contributed by atoms with Gasteiger partial charge in [0.1, 0.15) is 5.75 Å². The summed E-state index contributed by atoms with van der Waals surface area (Å²) in [6.45, 7) is 4.11. The first-order chi connectivity index (χ1) is 9.12. The van der Waals surface area contributed by atoms with Gasteiger partial charge in [0.25, 0.3) is 0 Å². The summed E-state index contributed by atoms with van der Waals surface area (Å²) in [6.07, 6.45) is 1.87. The molecule has 1 aromatic rings. The standard InChI is InChI=1S/C13H20N2O3S/c1-2-18-12-5-7-13(8-6-12)19(16,17)15-11-4-3-9-14-10-11/h5-8,11,14-15H,2-4,9-10H2,1H3/t11-/m0/s1. The van der Waals surface area contributed by atoms with Gasteiger partial charge in [0, 0.05) is 12.6 Å². The molecule has 1 fully saturated rings. The van der Waals surface area contributed by atoms with Crippen LogP contribution < -0.4 is 14.8 Å². The van der Waals surface area contributed by atoms with Crippen LogP contribution in [-0.2, 0) is 10.0 Å². The third-order valence-electron chi connectivity index (χ3n) is 3.06. The fourth-order valence-corrected chi connectivity index (χ4v) is 3.39. The molecule has 2 N–H and O–H groups in total. The van der Waals surface area contributed by atoms with E-state index >= 15 is 0 Å². The molecule has 6 heteroatoms. The number of piperidine rings is 1. The van der Waals surface area contributed by atoms with E-state index in [4.69, 9.17) is 4.74 Å². The summed E-state index contributed by atoms with van der Waals surface area (Å²) >= 11 is 0. The molecule has 1 aromatic carbocycles. The van der Waals surface area contributed by atoms with Gasteiger partial charge in [-0.05, 0) is 50.6 Å². The lowest BCUT2D eigenvalue weighted by molar-refractivity contribution is 0.340. The normalized spacial score (nSPS) is 20.2. The van der Waals surface area contributed by atoms with Crippen molar-refractivity contribution in [2.75, 3.05) is 19.7 Å². The van der Waals surface area contributed by atoms with Gasteiger partial charge in [-0.25, -0.2) is 13.1 Å². The Morgan fingerprint density at radius 2 is 2.11 bits per heavy atom. The Morgan fingerprint density at radius 3 is 2.68 bits per heavy atom. The lowest BCUT2D eigenvalue weighted by Crippen LogP contribution is -2.45. The van der Waals surface area contributed by atoms with E-state index in [-0.39, 0.29) is 10.9 Å². The van der Waals surface area contributed by atoms with E-state index in [1.54, 1.807) is 24.3 Å². The van der Waals surface area contributed by atoms with E-state index in [0.29, 0.717) is 18.9 Å². The monoisotopic (exact) mass is 284 g/mol. The zero-order valence-corrected chi connectivity index (χ0v) is 11.9. The van der Waals surface area contributed by atoms with Gasteiger partial charge in [-0.1, -0.05) is 0 Å². The number of hydrogen-bond donors (Lipinski definition) is 2. The first kappa shape index (κ1) is 14.3. The number of hydrogen-bond acceptors (Lipinski definition) is 4. The molecule has 5 nitrogen and oxygen atoms in total. The minimum Gasteiger partial charge on any atom is -0.494 e. The smallest absolute Gasteiger partial charge is 0.240 e. The van der Waals surface area contributed by atoms with Gasteiger partial charge in [-0.15, -0.1) is 0 Å². The molecule has 2 rings (SSSR count). The van der Waals surface area contributed by atoms with Crippen LogP contribution in [0.4, 0.5) is 0 Å². The maximum atomic E-state index is 12.2. The number of benzene rings is 1. The molecule has 0 spiro atoms. The summed E-state index contributed by atoms with van der Waals surface area (Å²) in [5, 5.41) is 3.19. The highest BCUT2D eigenvalue weighted by molar-refractivity contribution is 7.89. The Kier molecular flexibility index (Phi) is 4.79. The minimum absolute atomic E-state index is 0.0229. The molecular formula is C13H20N2O3S. The van der Waals surface area contributed by atoms with Crippen LogP contribution in [0, 0.1) is 0 Å². The highest BCUT2D eigenvalue weighted by Crippen LogP contribution is 2.16. The fraction of sp³-hybridized carbons (Fsp3) is 0.538. The van der Waals surface area contributed by atoms with Crippen molar-refractivity contribution < 1.29 is 13.2 Å². The zero-order valence-electron chi connectivity index (χ0n) is 11.1. The quantitative estimate of drug-likeness (QED) is 0.850. The van der Waals surface area contributed by atoms with Gasteiger partial charge >= 0.3 is 0 Å².